The molecule has 0 aromatic carbocycles. The number of carbonyl (C=O) groups excluding carboxylic acids is 1. The molecule has 35 valence electrons. The van der Waals surface area contributed by atoms with Crippen molar-refractivity contribution in [2.45, 2.75) is 0 Å². The second kappa shape index (κ2) is 2.66. The van der Waals surface area contributed by atoms with Crippen molar-refractivity contribution in [1.29, 1.82) is 0 Å². The highest BCUT2D eigenvalue weighted by molar-refractivity contribution is 5.46. The zero-order valence-electron chi connectivity index (χ0n) is 3.51. The van der Waals surface area contributed by atoms with E-state index in [9.17, 15) is 4.79 Å². The molecule has 0 heterocycles. The van der Waals surface area contributed by atoms with E-state index < -0.39 is 0 Å². The number of aliphatic hydroxyl groups is 1. The Labute approximate surface area is 36.2 Å². The maximum atomic E-state index is 9.38. The van der Waals surface area contributed by atoms with Crippen molar-refractivity contribution < 1.29 is 9.90 Å². The molecule has 1 N–H and O–H groups in total. The molecular weight excluding hydrogens is 82.0 g/mol. The van der Waals surface area contributed by atoms with Gasteiger partial charge in [-0.2, -0.15) is 0 Å². The van der Waals surface area contributed by atoms with E-state index >= 15 is 0 Å². The summed E-state index contributed by atoms with van der Waals surface area (Å²) < 4.78 is 0. The zero-order chi connectivity index (χ0) is 4.99. The van der Waals surface area contributed by atoms with Gasteiger partial charge in [0, 0.05) is 7.05 Å². The van der Waals surface area contributed by atoms with Gasteiger partial charge in [0.2, 0.25) is 0 Å². The number of aliphatic hydroxyl groups excluding tert-OH is 1. The highest BCUT2D eigenvalue weighted by Crippen LogP contribution is 1.62. The molecule has 6 heavy (non-hydrogen) atoms. The lowest BCUT2D eigenvalue weighted by molar-refractivity contribution is 0.187. The lowest BCUT2D eigenvalue weighted by atomic mass is 10.9. The van der Waals surface area contributed by atoms with E-state index in [1.54, 1.807) is 0 Å². The summed E-state index contributed by atoms with van der Waals surface area (Å²) in [5, 5.41) is 8.00. The predicted octanol–water partition coefficient (Wildman–Crippen LogP) is -1.06. The monoisotopic (exact) mass is 88.0 g/mol. The molecule has 3 heteroatoms. The van der Waals surface area contributed by atoms with Gasteiger partial charge in [0.1, 0.15) is 6.73 Å². The molecule has 0 bridgehead atoms. The van der Waals surface area contributed by atoms with Crippen LogP contribution >= 0.6 is 0 Å². The summed E-state index contributed by atoms with van der Waals surface area (Å²) in [6.07, 6.45) is 1.45. The van der Waals surface area contributed by atoms with Crippen LogP contribution in [0.1, 0.15) is 0 Å². The lowest BCUT2D eigenvalue weighted by Crippen LogP contribution is -2.15. The zero-order valence-corrected chi connectivity index (χ0v) is 3.51. The molecule has 0 aliphatic heterocycles. The maximum Gasteiger partial charge on any atom is 0.313 e. The fourth-order valence-electron chi connectivity index (χ4n) is 0.0289. The van der Waals surface area contributed by atoms with E-state index in [4.69, 9.17) is 5.11 Å². The molecule has 0 unspecified atom stereocenters. The third kappa shape index (κ3) is 1.72. The first-order chi connectivity index (χ1) is 2.81. The summed E-state index contributed by atoms with van der Waals surface area (Å²) >= 11 is 0. The predicted molar refractivity (Wildman–Crippen MR) is 20.5 cm³/mol. The van der Waals surface area contributed by atoms with Crippen LogP contribution in [0.25, 0.3) is 0 Å². The summed E-state index contributed by atoms with van der Waals surface area (Å²) in [6.45, 7) is -0.260. The Kier molecular flexibility index (Phi) is 2.40. The number of rotatable bonds is 2. The number of amides is 1. The Morgan fingerprint density at radius 1 is 2.00 bits per heavy atom. The van der Waals surface area contributed by atoms with Crippen LogP contribution in [0, 0.1) is 0 Å². The third-order valence-electron chi connectivity index (χ3n) is 0.368. The van der Waals surface area contributed by atoms with Gasteiger partial charge in [0.15, 0.2) is 0 Å². The number of hydrogen-bond donors (Lipinski definition) is 1. The summed E-state index contributed by atoms with van der Waals surface area (Å²) in [6, 6.07) is 0. The average Bonchev–Trinajstić information content (AvgIpc) is 1.65. The largest absolute Gasteiger partial charge is 0.376 e. The quantitative estimate of drug-likeness (QED) is 0.345. The first-order valence-electron chi connectivity index (χ1n) is 1.51. The highest BCUT2D eigenvalue weighted by atomic mass is 16.3. The smallest absolute Gasteiger partial charge is 0.313 e. The standard InChI is InChI=1S/C3H6NO2/c1-4(2-5)3-6/h5H,2H2,1H3. The van der Waals surface area contributed by atoms with Crippen molar-refractivity contribution in [3.63, 3.8) is 0 Å². The molecule has 0 fully saturated rings. The van der Waals surface area contributed by atoms with E-state index in [2.05, 4.69) is 0 Å². The average molecular weight is 88.1 g/mol. The molecule has 0 atom stereocenters. The normalized spacial score (nSPS) is 7.67. The van der Waals surface area contributed by atoms with Gasteiger partial charge < -0.3 is 10.0 Å². The van der Waals surface area contributed by atoms with Gasteiger partial charge in [-0.05, 0) is 0 Å². The Morgan fingerprint density at radius 2 is 2.50 bits per heavy atom. The van der Waals surface area contributed by atoms with Gasteiger partial charge in [0.05, 0.1) is 0 Å². The summed E-state index contributed by atoms with van der Waals surface area (Å²) in [4.78, 5) is 10.4. The minimum Gasteiger partial charge on any atom is -0.376 e. The van der Waals surface area contributed by atoms with Crippen molar-refractivity contribution in [3.05, 3.63) is 0 Å². The minimum absolute atomic E-state index is 0.260. The van der Waals surface area contributed by atoms with Crippen LogP contribution in [-0.2, 0) is 4.79 Å². The van der Waals surface area contributed by atoms with Crippen molar-refractivity contribution in [1.82, 2.24) is 4.90 Å². The molecule has 0 rings (SSSR count). The third-order valence-corrected chi connectivity index (χ3v) is 0.368. The fourth-order valence-corrected chi connectivity index (χ4v) is 0.0289. The Hall–Kier alpha value is -0.570. The Balaban J connectivity index is 2.96. The van der Waals surface area contributed by atoms with Crippen LogP contribution in [0.4, 0.5) is 0 Å². The van der Waals surface area contributed by atoms with Gasteiger partial charge in [0.25, 0.3) is 0 Å². The van der Waals surface area contributed by atoms with E-state index in [0.717, 1.165) is 4.90 Å². The van der Waals surface area contributed by atoms with E-state index in [0.29, 0.717) is 0 Å². The number of hydrogen-bond acceptors (Lipinski definition) is 2. The van der Waals surface area contributed by atoms with E-state index in [1.165, 1.54) is 13.5 Å². The van der Waals surface area contributed by atoms with Crippen molar-refractivity contribution >= 4 is 6.41 Å². The van der Waals surface area contributed by atoms with E-state index in [-0.39, 0.29) is 6.73 Å². The second-order valence-corrected chi connectivity index (χ2v) is 0.931. The van der Waals surface area contributed by atoms with Crippen LogP contribution in [0.2, 0.25) is 0 Å². The molecule has 0 aromatic rings. The molecule has 3 nitrogen and oxygen atoms in total. The lowest BCUT2D eigenvalue weighted by Gasteiger charge is -1.99. The van der Waals surface area contributed by atoms with Gasteiger partial charge >= 0.3 is 6.41 Å². The first-order valence-corrected chi connectivity index (χ1v) is 1.51. The Morgan fingerprint density at radius 3 is 2.50 bits per heavy atom. The fraction of sp³-hybridized carbons (Fsp3) is 0.667. The van der Waals surface area contributed by atoms with Crippen molar-refractivity contribution in [3.8, 4) is 0 Å². The van der Waals surface area contributed by atoms with Gasteiger partial charge in [-0.3, -0.25) is 4.79 Å². The summed E-state index contributed by atoms with van der Waals surface area (Å²) in [7, 11) is 1.44. The molecule has 0 spiro atoms. The van der Waals surface area contributed by atoms with Crippen LogP contribution in [0.15, 0.2) is 0 Å². The topological polar surface area (TPSA) is 40.5 Å². The minimum atomic E-state index is -0.260. The highest BCUT2D eigenvalue weighted by Gasteiger charge is 1.83. The van der Waals surface area contributed by atoms with Crippen LogP contribution < -0.4 is 0 Å². The maximum absolute atomic E-state index is 9.38. The van der Waals surface area contributed by atoms with E-state index in [1.807, 2.05) is 0 Å². The molecule has 0 saturated carbocycles. The van der Waals surface area contributed by atoms with Crippen molar-refractivity contribution in [2.24, 2.45) is 0 Å². The molecular formula is C3H6NO2. The summed E-state index contributed by atoms with van der Waals surface area (Å²) in [5.74, 6) is 0. The number of nitrogens with zero attached hydrogens (tertiary/aromatic N) is 1. The van der Waals surface area contributed by atoms with Crippen molar-refractivity contribution in [2.75, 3.05) is 13.8 Å². The molecule has 0 aliphatic carbocycles. The van der Waals surface area contributed by atoms with Gasteiger partial charge in [-0.1, -0.05) is 0 Å². The second-order valence-electron chi connectivity index (χ2n) is 0.931. The molecule has 1 amide bonds. The Bertz CT molecular complexity index is 46.1. The van der Waals surface area contributed by atoms with Crippen LogP contribution in [0.3, 0.4) is 0 Å². The molecule has 0 aromatic heterocycles. The molecule has 0 saturated heterocycles. The summed E-state index contributed by atoms with van der Waals surface area (Å²) in [5.41, 5.74) is 0. The SMILES string of the molecule is CN([C]=O)CO. The molecule has 1 radical (unpaired) electrons. The van der Waals surface area contributed by atoms with Gasteiger partial charge in [-0.25, -0.2) is 0 Å². The van der Waals surface area contributed by atoms with Gasteiger partial charge in [-0.15, -0.1) is 0 Å². The molecule has 0 aliphatic rings. The first kappa shape index (κ1) is 5.43. The van der Waals surface area contributed by atoms with Crippen LogP contribution in [0.5, 0.6) is 0 Å². The van der Waals surface area contributed by atoms with Crippen LogP contribution in [-0.4, -0.2) is 30.2 Å².